The molecule has 20 heavy (non-hydrogen) atoms. The van der Waals surface area contributed by atoms with E-state index in [1.54, 1.807) is 26.8 Å². The molecule has 1 rings (SSSR count). The van der Waals surface area contributed by atoms with Crippen molar-refractivity contribution in [1.29, 1.82) is 0 Å². The summed E-state index contributed by atoms with van der Waals surface area (Å²) in [4.78, 5) is 25.1. The molecule has 0 aromatic carbocycles. The highest BCUT2D eigenvalue weighted by Gasteiger charge is 2.20. The van der Waals surface area contributed by atoms with E-state index in [1.807, 2.05) is 0 Å². The van der Waals surface area contributed by atoms with Crippen LogP contribution in [0, 0.1) is 13.8 Å². The third kappa shape index (κ3) is 4.22. The quantitative estimate of drug-likeness (QED) is 0.558. The smallest absolute Gasteiger partial charge is 0.325 e. The number of nitrogens with zero attached hydrogens (tertiary/aromatic N) is 2. The van der Waals surface area contributed by atoms with Crippen molar-refractivity contribution in [2.24, 2.45) is 0 Å². The van der Waals surface area contributed by atoms with Crippen molar-refractivity contribution in [3.05, 3.63) is 29.7 Å². The van der Waals surface area contributed by atoms with E-state index in [0.717, 1.165) is 5.56 Å². The van der Waals surface area contributed by atoms with Gasteiger partial charge in [0.2, 0.25) is 5.91 Å². The molecule has 0 bridgehead atoms. The molecule has 1 aromatic rings. The lowest BCUT2D eigenvalue weighted by atomic mass is 10.1. The van der Waals surface area contributed by atoms with Crippen LogP contribution in [0.25, 0.3) is 0 Å². The summed E-state index contributed by atoms with van der Waals surface area (Å²) in [5.74, 6) is -0.000599. The molecule has 0 aliphatic heterocycles. The second-order valence-electron chi connectivity index (χ2n) is 4.35. The van der Waals surface area contributed by atoms with Crippen LogP contribution in [0.15, 0.2) is 17.2 Å². The molecule has 0 N–H and O–H groups in total. The topological polar surface area (TPSA) is 72.6 Å². The first-order valence-corrected chi connectivity index (χ1v) is 6.45. The lowest BCUT2D eigenvalue weighted by Crippen LogP contribution is -2.37. The molecule has 0 spiro atoms. The van der Waals surface area contributed by atoms with Crippen LogP contribution in [0.3, 0.4) is 0 Å². The predicted molar refractivity (Wildman–Crippen MR) is 73.1 cm³/mol. The standard InChI is InChI=1S/C14H20N2O4/c1-5-7-16(9-14(18)19-6-2)13(17)8-12-10(3)15-20-11(12)4/h5H,1,6-9H2,2-4H3. The number of hydrogen-bond acceptors (Lipinski definition) is 5. The summed E-state index contributed by atoms with van der Waals surface area (Å²) in [6.07, 6.45) is 1.72. The van der Waals surface area contributed by atoms with Crippen molar-refractivity contribution in [3.8, 4) is 0 Å². The highest BCUT2D eigenvalue weighted by atomic mass is 16.5. The van der Waals surface area contributed by atoms with Crippen LogP contribution in [-0.2, 0) is 20.7 Å². The molecule has 0 fully saturated rings. The van der Waals surface area contributed by atoms with Gasteiger partial charge in [-0.15, -0.1) is 6.58 Å². The van der Waals surface area contributed by atoms with Gasteiger partial charge in [0.25, 0.3) is 0 Å². The minimum absolute atomic E-state index is 0.0813. The highest BCUT2D eigenvalue weighted by Crippen LogP contribution is 2.14. The van der Waals surface area contributed by atoms with Gasteiger partial charge in [0.05, 0.1) is 18.7 Å². The van der Waals surface area contributed by atoms with E-state index in [4.69, 9.17) is 9.26 Å². The maximum Gasteiger partial charge on any atom is 0.325 e. The van der Waals surface area contributed by atoms with E-state index in [0.29, 0.717) is 24.6 Å². The first-order valence-electron chi connectivity index (χ1n) is 6.45. The molecule has 0 radical (unpaired) electrons. The molecule has 1 heterocycles. The Bertz CT molecular complexity index is 474. The van der Waals surface area contributed by atoms with Gasteiger partial charge in [-0.1, -0.05) is 11.2 Å². The van der Waals surface area contributed by atoms with Crippen LogP contribution >= 0.6 is 0 Å². The van der Waals surface area contributed by atoms with Gasteiger partial charge < -0.3 is 14.2 Å². The summed E-state index contributed by atoms with van der Waals surface area (Å²) in [6.45, 7) is 9.35. The van der Waals surface area contributed by atoms with Crippen LogP contribution in [0.2, 0.25) is 0 Å². The van der Waals surface area contributed by atoms with Crippen molar-refractivity contribution in [2.75, 3.05) is 19.7 Å². The Labute approximate surface area is 118 Å². The number of rotatable bonds is 7. The molecule has 1 aromatic heterocycles. The Morgan fingerprint density at radius 3 is 2.65 bits per heavy atom. The Morgan fingerprint density at radius 1 is 1.45 bits per heavy atom. The molecule has 0 aliphatic rings. The summed E-state index contributed by atoms with van der Waals surface area (Å²) < 4.78 is 9.88. The average Bonchev–Trinajstić information content (AvgIpc) is 2.70. The summed E-state index contributed by atoms with van der Waals surface area (Å²) in [5.41, 5.74) is 1.44. The second kappa shape index (κ2) is 7.47. The number of aryl methyl sites for hydroxylation is 2. The van der Waals surface area contributed by atoms with Crippen molar-refractivity contribution in [1.82, 2.24) is 10.1 Å². The molecule has 0 unspecified atom stereocenters. The van der Waals surface area contributed by atoms with E-state index in [9.17, 15) is 9.59 Å². The molecule has 0 atom stereocenters. The van der Waals surface area contributed by atoms with Gasteiger partial charge in [-0.2, -0.15) is 0 Å². The van der Waals surface area contributed by atoms with E-state index in [2.05, 4.69) is 11.7 Å². The lowest BCUT2D eigenvalue weighted by molar-refractivity contribution is -0.148. The van der Waals surface area contributed by atoms with Crippen molar-refractivity contribution in [3.63, 3.8) is 0 Å². The zero-order chi connectivity index (χ0) is 15.1. The Morgan fingerprint density at radius 2 is 2.15 bits per heavy atom. The highest BCUT2D eigenvalue weighted by molar-refractivity contribution is 5.84. The largest absolute Gasteiger partial charge is 0.465 e. The van der Waals surface area contributed by atoms with E-state index in [1.165, 1.54) is 4.90 Å². The van der Waals surface area contributed by atoms with Gasteiger partial charge in [0.15, 0.2) is 0 Å². The maximum atomic E-state index is 12.2. The van der Waals surface area contributed by atoms with Crippen molar-refractivity contribution < 1.29 is 18.8 Å². The van der Waals surface area contributed by atoms with Crippen LogP contribution < -0.4 is 0 Å². The van der Waals surface area contributed by atoms with Gasteiger partial charge in [-0.05, 0) is 20.8 Å². The maximum absolute atomic E-state index is 12.2. The van der Waals surface area contributed by atoms with E-state index in [-0.39, 0.29) is 18.9 Å². The minimum atomic E-state index is -0.429. The van der Waals surface area contributed by atoms with Gasteiger partial charge in [0, 0.05) is 12.1 Å². The predicted octanol–water partition coefficient (Wildman–Crippen LogP) is 1.41. The Kier molecular flexibility index (Phi) is 5.96. The summed E-state index contributed by atoms with van der Waals surface area (Å²) in [6, 6.07) is 0. The fourth-order valence-corrected chi connectivity index (χ4v) is 1.79. The number of aromatic nitrogens is 1. The number of carbonyl (C=O) groups excluding carboxylic acids is 2. The zero-order valence-electron chi connectivity index (χ0n) is 12.1. The number of ether oxygens (including phenoxy) is 1. The van der Waals surface area contributed by atoms with Crippen LogP contribution in [0.4, 0.5) is 0 Å². The molecule has 0 saturated carbocycles. The zero-order valence-corrected chi connectivity index (χ0v) is 12.1. The van der Waals surface area contributed by atoms with Crippen LogP contribution in [0.1, 0.15) is 23.9 Å². The Balaban J connectivity index is 2.74. The number of carbonyl (C=O) groups is 2. The summed E-state index contributed by atoms with van der Waals surface area (Å²) >= 11 is 0. The van der Waals surface area contributed by atoms with Gasteiger partial charge in [0.1, 0.15) is 12.3 Å². The monoisotopic (exact) mass is 280 g/mol. The number of esters is 1. The first kappa shape index (κ1) is 15.9. The molecule has 110 valence electrons. The lowest BCUT2D eigenvalue weighted by Gasteiger charge is -2.20. The molecule has 6 nitrogen and oxygen atoms in total. The van der Waals surface area contributed by atoms with Crippen LogP contribution in [0.5, 0.6) is 0 Å². The van der Waals surface area contributed by atoms with Gasteiger partial charge in [-0.25, -0.2) is 0 Å². The molecule has 0 aliphatic carbocycles. The number of amides is 1. The fourth-order valence-electron chi connectivity index (χ4n) is 1.79. The first-order chi connectivity index (χ1) is 9.49. The van der Waals surface area contributed by atoms with E-state index < -0.39 is 5.97 Å². The van der Waals surface area contributed by atoms with Crippen molar-refractivity contribution in [2.45, 2.75) is 27.2 Å². The minimum Gasteiger partial charge on any atom is -0.465 e. The fraction of sp³-hybridized carbons (Fsp3) is 0.500. The van der Waals surface area contributed by atoms with Crippen LogP contribution in [-0.4, -0.2) is 41.6 Å². The van der Waals surface area contributed by atoms with E-state index >= 15 is 0 Å². The average molecular weight is 280 g/mol. The molecule has 6 heteroatoms. The Hall–Kier alpha value is -2.11. The third-order valence-electron chi connectivity index (χ3n) is 2.84. The van der Waals surface area contributed by atoms with Gasteiger partial charge in [-0.3, -0.25) is 9.59 Å². The molecular weight excluding hydrogens is 260 g/mol. The molecular formula is C14H20N2O4. The third-order valence-corrected chi connectivity index (χ3v) is 2.84. The SMILES string of the molecule is C=CCN(CC(=O)OCC)C(=O)Cc1c(C)noc1C. The summed E-state index contributed by atoms with van der Waals surface area (Å²) in [7, 11) is 0. The van der Waals surface area contributed by atoms with Crippen molar-refractivity contribution >= 4 is 11.9 Å². The second-order valence-corrected chi connectivity index (χ2v) is 4.35. The normalized spacial score (nSPS) is 10.2. The molecule has 0 saturated heterocycles. The van der Waals surface area contributed by atoms with Gasteiger partial charge >= 0.3 is 5.97 Å². The molecule has 1 amide bonds. The summed E-state index contributed by atoms with van der Waals surface area (Å²) in [5, 5.41) is 3.81. The number of hydrogen-bond donors (Lipinski definition) is 0.